The maximum absolute atomic E-state index is 6.02. The van der Waals surface area contributed by atoms with E-state index in [1.807, 2.05) is 37.4 Å². The van der Waals surface area contributed by atoms with Gasteiger partial charge in [-0.3, -0.25) is 0 Å². The third-order valence-corrected chi connectivity index (χ3v) is 4.15. The summed E-state index contributed by atoms with van der Waals surface area (Å²) in [6.45, 7) is 1.20. The molecule has 3 nitrogen and oxygen atoms in total. The molecule has 2 aromatic carbocycles. The molecule has 112 valence electrons. The SMILES string of the molecule is CNCc1cccc(Br)c1OCc1cc(Br)ccc1OC. The molecule has 0 aliphatic rings. The summed E-state index contributed by atoms with van der Waals surface area (Å²) >= 11 is 7.02. The number of methoxy groups -OCH3 is 1. The van der Waals surface area contributed by atoms with Crippen LogP contribution in [0.5, 0.6) is 11.5 Å². The van der Waals surface area contributed by atoms with E-state index in [2.05, 4.69) is 43.2 Å². The molecule has 5 heteroatoms. The number of rotatable bonds is 6. The summed E-state index contributed by atoms with van der Waals surface area (Å²) in [6, 6.07) is 11.9. The zero-order chi connectivity index (χ0) is 15.2. The van der Waals surface area contributed by atoms with Crippen molar-refractivity contribution in [3.05, 3.63) is 56.5 Å². The van der Waals surface area contributed by atoms with E-state index in [-0.39, 0.29) is 0 Å². The molecule has 0 amide bonds. The predicted molar refractivity (Wildman–Crippen MR) is 91.9 cm³/mol. The standard InChI is InChI=1S/C16H17Br2NO2/c1-19-9-11-4-3-5-14(18)16(11)21-10-12-8-13(17)6-7-15(12)20-2/h3-8,19H,9-10H2,1-2H3. The molecule has 0 saturated heterocycles. The first-order valence-electron chi connectivity index (χ1n) is 6.53. The van der Waals surface area contributed by atoms with Gasteiger partial charge in [0.1, 0.15) is 18.1 Å². The van der Waals surface area contributed by atoms with Crippen molar-refractivity contribution >= 4 is 31.9 Å². The van der Waals surface area contributed by atoms with Gasteiger partial charge in [-0.1, -0.05) is 28.1 Å². The van der Waals surface area contributed by atoms with Crippen molar-refractivity contribution in [3.63, 3.8) is 0 Å². The first-order valence-corrected chi connectivity index (χ1v) is 8.11. The smallest absolute Gasteiger partial charge is 0.138 e. The molecule has 0 fully saturated rings. The van der Waals surface area contributed by atoms with Crippen LogP contribution in [0.2, 0.25) is 0 Å². The molecule has 0 aliphatic heterocycles. The average Bonchev–Trinajstić information content (AvgIpc) is 2.47. The van der Waals surface area contributed by atoms with E-state index in [4.69, 9.17) is 9.47 Å². The lowest BCUT2D eigenvalue weighted by atomic mass is 10.2. The van der Waals surface area contributed by atoms with Gasteiger partial charge in [0.15, 0.2) is 0 Å². The number of benzene rings is 2. The van der Waals surface area contributed by atoms with Gasteiger partial charge in [0.25, 0.3) is 0 Å². The first kappa shape index (κ1) is 16.3. The molecule has 0 aromatic heterocycles. The fraction of sp³-hybridized carbons (Fsp3) is 0.250. The van der Waals surface area contributed by atoms with E-state index in [0.29, 0.717) is 6.61 Å². The Morgan fingerprint density at radius 1 is 1.10 bits per heavy atom. The molecule has 0 spiro atoms. The van der Waals surface area contributed by atoms with Crippen LogP contribution in [-0.4, -0.2) is 14.2 Å². The van der Waals surface area contributed by atoms with Crippen molar-refractivity contribution in [1.82, 2.24) is 5.32 Å². The Bertz CT molecular complexity index is 617. The van der Waals surface area contributed by atoms with E-state index in [1.54, 1.807) is 7.11 Å². The van der Waals surface area contributed by atoms with Gasteiger partial charge in [-0.2, -0.15) is 0 Å². The number of ether oxygens (including phenoxy) is 2. The Morgan fingerprint density at radius 3 is 2.62 bits per heavy atom. The van der Waals surface area contributed by atoms with Crippen LogP contribution in [-0.2, 0) is 13.2 Å². The van der Waals surface area contributed by atoms with E-state index >= 15 is 0 Å². The summed E-state index contributed by atoms with van der Waals surface area (Å²) in [6.07, 6.45) is 0. The minimum Gasteiger partial charge on any atom is -0.496 e. The number of para-hydroxylation sites is 1. The van der Waals surface area contributed by atoms with Gasteiger partial charge < -0.3 is 14.8 Å². The lowest BCUT2D eigenvalue weighted by Crippen LogP contribution is -2.08. The van der Waals surface area contributed by atoms with Crippen molar-refractivity contribution in [2.75, 3.05) is 14.2 Å². The summed E-state index contributed by atoms with van der Waals surface area (Å²) < 4.78 is 13.3. The number of hydrogen-bond acceptors (Lipinski definition) is 3. The molecular formula is C16H17Br2NO2. The van der Waals surface area contributed by atoms with Crippen LogP contribution in [0.4, 0.5) is 0 Å². The molecule has 2 aromatic rings. The lowest BCUT2D eigenvalue weighted by Gasteiger charge is -2.15. The second-order valence-corrected chi connectivity index (χ2v) is 6.27. The van der Waals surface area contributed by atoms with E-state index in [0.717, 1.165) is 38.1 Å². The van der Waals surface area contributed by atoms with Crippen molar-refractivity contribution in [1.29, 1.82) is 0 Å². The molecule has 0 radical (unpaired) electrons. The summed E-state index contributed by atoms with van der Waals surface area (Å²) in [7, 11) is 3.58. The lowest BCUT2D eigenvalue weighted by molar-refractivity contribution is 0.291. The van der Waals surface area contributed by atoms with Crippen LogP contribution in [0.1, 0.15) is 11.1 Å². The van der Waals surface area contributed by atoms with Gasteiger partial charge >= 0.3 is 0 Å². The van der Waals surface area contributed by atoms with E-state index in [1.165, 1.54) is 0 Å². The highest BCUT2D eigenvalue weighted by Gasteiger charge is 2.10. The minimum atomic E-state index is 0.446. The Morgan fingerprint density at radius 2 is 1.90 bits per heavy atom. The highest BCUT2D eigenvalue weighted by atomic mass is 79.9. The van der Waals surface area contributed by atoms with Crippen molar-refractivity contribution < 1.29 is 9.47 Å². The minimum absolute atomic E-state index is 0.446. The van der Waals surface area contributed by atoms with Crippen LogP contribution < -0.4 is 14.8 Å². The van der Waals surface area contributed by atoms with Crippen molar-refractivity contribution in [2.24, 2.45) is 0 Å². The van der Waals surface area contributed by atoms with Gasteiger partial charge in [-0.05, 0) is 47.2 Å². The number of halogens is 2. The fourth-order valence-corrected chi connectivity index (χ4v) is 2.98. The van der Waals surface area contributed by atoms with Crippen LogP contribution in [0.3, 0.4) is 0 Å². The number of hydrogen-bond donors (Lipinski definition) is 1. The van der Waals surface area contributed by atoms with E-state index < -0.39 is 0 Å². The van der Waals surface area contributed by atoms with Gasteiger partial charge in [0.05, 0.1) is 11.6 Å². The first-order chi connectivity index (χ1) is 10.2. The maximum atomic E-state index is 6.02. The number of nitrogens with one attached hydrogen (secondary N) is 1. The summed E-state index contributed by atoms with van der Waals surface area (Å²) in [5.74, 6) is 1.68. The Kier molecular flexibility index (Phi) is 6.08. The second-order valence-electron chi connectivity index (χ2n) is 4.50. The molecule has 0 saturated carbocycles. The third-order valence-electron chi connectivity index (χ3n) is 3.03. The molecular weight excluding hydrogens is 398 g/mol. The van der Waals surface area contributed by atoms with Gasteiger partial charge in [-0.15, -0.1) is 0 Å². The average molecular weight is 415 g/mol. The Labute approximate surface area is 141 Å². The largest absolute Gasteiger partial charge is 0.496 e. The Hall–Kier alpha value is -1.04. The third kappa shape index (κ3) is 4.22. The second kappa shape index (κ2) is 7.82. The summed E-state index contributed by atoms with van der Waals surface area (Å²) in [4.78, 5) is 0. The Balaban J connectivity index is 2.22. The highest BCUT2D eigenvalue weighted by Crippen LogP contribution is 2.31. The maximum Gasteiger partial charge on any atom is 0.138 e. The molecule has 21 heavy (non-hydrogen) atoms. The topological polar surface area (TPSA) is 30.5 Å². The van der Waals surface area contributed by atoms with Crippen molar-refractivity contribution in [3.8, 4) is 11.5 Å². The normalized spacial score (nSPS) is 10.5. The molecule has 0 atom stereocenters. The van der Waals surface area contributed by atoms with Crippen LogP contribution in [0, 0.1) is 0 Å². The summed E-state index contributed by atoms with van der Waals surface area (Å²) in [5, 5.41) is 3.15. The van der Waals surface area contributed by atoms with E-state index in [9.17, 15) is 0 Å². The summed E-state index contributed by atoms with van der Waals surface area (Å²) in [5.41, 5.74) is 2.11. The molecule has 0 aliphatic carbocycles. The molecule has 0 heterocycles. The predicted octanol–water partition coefficient (Wildman–Crippen LogP) is 4.52. The monoisotopic (exact) mass is 413 g/mol. The fourth-order valence-electron chi connectivity index (χ4n) is 2.05. The molecule has 1 N–H and O–H groups in total. The molecule has 2 rings (SSSR count). The van der Waals surface area contributed by atoms with Gasteiger partial charge in [0.2, 0.25) is 0 Å². The zero-order valence-corrected chi connectivity index (χ0v) is 15.1. The highest BCUT2D eigenvalue weighted by molar-refractivity contribution is 9.10. The quantitative estimate of drug-likeness (QED) is 0.753. The molecule has 0 unspecified atom stereocenters. The van der Waals surface area contributed by atoms with Gasteiger partial charge in [0, 0.05) is 22.1 Å². The van der Waals surface area contributed by atoms with Gasteiger partial charge in [-0.25, -0.2) is 0 Å². The van der Waals surface area contributed by atoms with Crippen LogP contribution >= 0.6 is 31.9 Å². The zero-order valence-electron chi connectivity index (χ0n) is 12.0. The van der Waals surface area contributed by atoms with Crippen LogP contribution in [0.25, 0.3) is 0 Å². The van der Waals surface area contributed by atoms with Crippen molar-refractivity contribution in [2.45, 2.75) is 13.2 Å². The van der Waals surface area contributed by atoms with Crippen LogP contribution in [0.15, 0.2) is 45.3 Å². The molecule has 0 bridgehead atoms.